The largest absolute Gasteiger partial charge is 0.263 e. The summed E-state index contributed by atoms with van der Waals surface area (Å²) in [7, 11) is 0. The van der Waals surface area contributed by atoms with Crippen LogP contribution >= 0.6 is 0 Å². The smallest absolute Gasteiger partial charge is 0.0353 e. The fraction of sp³-hybridized carbons (Fsp3) is 0.308. The fourth-order valence-electron chi connectivity index (χ4n) is 1.47. The summed E-state index contributed by atoms with van der Waals surface area (Å²) in [5.41, 5.74) is 2.72. The molecule has 74 valence electrons. The monoisotopic (exact) mass is 187 g/mol. The highest BCUT2D eigenvalue weighted by Crippen LogP contribution is 2.45. The minimum absolute atomic E-state index is 1.27. The lowest BCUT2D eigenvalue weighted by atomic mass is 10.3. The Bertz CT molecular complexity index is 382. The van der Waals surface area contributed by atoms with Crippen molar-refractivity contribution in [2.24, 2.45) is 0 Å². The van der Waals surface area contributed by atoms with Crippen molar-refractivity contribution in [2.75, 3.05) is 0 Å². The molecular formula is C13H17N. The van der Waals surface area contributed by atoms with Gasteiger partial charge in [0, 0.05) is 28.7 Å². The van der Waals surface area contributed by atoms with E-state index in [9.17, 15) is 0 Å². The summed E-state index contributed by atoms with van der Waals surface area (Å²) in [4.78, 5) is 4.11. The van der Waals surface area contributed by atoms with Crippen LogP contribution in [0.5, 0.6) is 0 Å². The van der Waals surface area contributed by atoms with Gasteiger partial charge in [-0.1, -0.05) is 45.9 Å². The highest BCUT2D eigenvalue weighted by atomic mass is 14.6. The van der Waals surface area contributed by atoms with Crippen LogP contribution < -0.4 is 0 Å². The molecule has 0 bridgehead atoms. The van der Waals surface area contributed by atoms with E-state index in [1.807, 2.05) is 40.1 Å². The first-order valence-corrected chi connectivity index (χ1v) is 5.34. The predicted molar refractivity (Wildman–Crippen MR) is 63.4 cm³/mol. The molecule has 0 saturated heterocycles. The van der Waals surface area contributed by atoms with Crippen LogP contribution in [0.15, 0.2) is 30.6 Å². The van der Waals surface area contributed by atoms with Gasteiger partial charge < -0.3 is 0 Å². The summed E-state index contributed by atoms with van der Waals surface area (Å²) >= 11 is 0. The molecular weight excluding hydrogens is 170 g/mol. The molecule has 1 aliphatic rings. The van der Waals surface area contributed by atoms with Gasteiger partial charge in [-0.15, -0.1) is 0 Å². The first-order chi connectivity index (χ1) is 6.97. The summed E-state index contributed by atoms with van der Waals surface area (Å²) in [5, 5.41) is 2.69. The van der Waals surface area contributed by atoms with E-state index in [0.29, 0.717) is 0 Å². The van der Waals surface area contributed by atoms with Crippen molar-refractivity contribution in [3.63, 3.8) is 0 Å². The summed E-state index contributed by atoms with van der Waals surface area (Å²) < 4.78 is 0. The summed E-state index contributed by atoms with van der Waals surface area (Å²) in [6.45, 7) is 8.00. The molecule has 0 atom stereocenters. The zero-order chi connectivity index (χ0) is 10.6. The zero-order valence-corrected chi connectivity index (χ0v) is 9.33. The molecule has 1 aliphatic carbocycles. The highest BCUT2D eigenvalue weighted by Gasteiger charge is 2.19. The lowest BCUT2D eigenvalue weighted by Crippen LogP contribution is -1.62. The molecule has 1 heteroatoms. The van der Waals surface area contributed by atoms with Crippen LogP contribution in [-0.4, -0.2) is 4.98 Å². The van der Waals surface area contributed by atoms with Gasteiger partial charge >= 0.3 is 0 Å². The van der Waals surface area contributed by atoms with Crippen LogP contribution in [-0.2, 0) is 0 Å². The van der Waals surface area contributed by atoms with Crippen molar-refractivity contribution in [1.29, 1.82) is 0 Å². The second-order valence-electron chi connectivity index (χ2n) is 2.59. The van der Waals surface area contributed by atoms with Crippen LogP contribution in [0, 0.1) is 0 Å². The van der Waals surface area contributed by atoms with Gasteiger partial charge in [0.15, 0.2) is 0 Å². The standard InChI is InChI=1S/C9H5N.2C2H6/c1-2-6-4-10-5-8-7(3-1)9(6)8;2*1-2/h1-5H;2*1-2H3. The Kier molecular flexibility index (Phi) is 3.63. The maximum Gasteiger partial charge on any atom is 0.0353 e. The Labute approximate surface area is 85.8 Å². The quantitative estimate of drug-likeness (QED) is 0.512. The third-order valence-corrected chi connectivity index (χ3v) is 2.01. The third kappa shape index (κ3) is 1.63. The molecule has 3 rings (SSSR count). The second kappa shape index (κ2) is 4.75. The first-order valence-electron chi connectivity index (χ1n) is 5.34. The average Bonchev–Trinajstić information content (AvgIpc) is 3.01. The topological polar surface area (TPSA) is 12.9 Å². The SMILES string of the molecule is CC.CC.c1cc2c3c-2cncc3c1. The minimum atomic E-state index is 1.27. The Morgan fingerprint density at radius 3 is 2.21 bits per heavy atom. The van der Waals surface area contributed by atoms with Gasteiger partial charge in [-0.25, -0.2) is 0 Å². The molecule has 0 aliphatic heterocycles. The number of hydrogen-bond donors (Lipinski definition) is 0. The first kappa shape index (κ1) is 10.7. The summed E-state index contributed by atoms with van der Waals surface area (Å²) in [5.74, 6) is 0. The Morgan fingerprint density at radius 1 is 0.857 bits per heavy atom. The van der Waals surface area contributed by atoms with Gasteiger partial charge in [0.25, 0.3) is 0 Å². The van der Waals surface area contributed by atoms with Crippen LogP contribution in [0.3, 0.4) is 0 Å². The Balaban J connectivity index is 0.000000222. The maximum atomic E-state index is 4.11. The molecule has 0 amide bonds. The molecule has 1 aromatic heterocycles. The molecule has 2 aromatic rings. The van der Waals surface area contributed by atoms with Crippen LogP contribution in [0.4, 0.5) is 0 Å². The molecule has 0 unspecified atom stereocenters. The van der Waals surface area contributed by atoms with Crippen molar-refractivity contribution in [2.45, 2.75) is 27.7 Å². The summed E-state index contributed by atoms with van der Waals surface area (Å²) in [6, 6.07) is 6.31. The van der Waals surface area contributed by atoms with E-state index < -0.39 is 0 Å². The number of pyridine rings is 1. The lowest BCUT2D eigenvalue weighted by molar-refractivity contribution is 1.39. The third-order valence-electron chi connectivity index (χ3n) is 2.01. The van der Waals surface area contributed by atoms with E-state index in [0.717, 1.165) is 0 Å². The predicted octanol–water partition coefficient (Wildman–Crippen LogP) is 4.27. The molecule has 0 saturated carbocycles. The molecule has 1 aromatic carbocycles. The van der Waals surface area contributed by atoms with Crippen molar-refractivity contribution in [3.8, 4) is 11.1 Å². The number of benzene rings is 1. The highest BCUT2D eigenvalue weighted by molar-refractivity contribution is 6.19. The molecule has 1 nitrogen and oxygen atoms in total. The van der Waals surface area contributed by atoms with Crippen molar-refractivity contribution in [1.82, 2.24) is 4.98 Å². The van der Waals surface area contributed by atoms with Crippen molar-refractivity contribution >= 4 is 10.8 Å². The molecule has 1 heterocycles. The number of aromatic nitrogens is 1. The van der Waals surface area contributed by atoms with Crippen LogP contribution in [0.2, 0.25) is 0 Å². The maximum absolute atomic E-state index is 4.11. The number of nitrogens with zero attached hydrogens (tertiary/aromatic N) is 1. The van der Waals surface area contributed by atoms with Gasteiger partial charge in [-0.05, 0) is 5.56 Å². The minimum Gasteiger partial charge on any atom is -0.263 e. The molecule has 0 fully saturated rings. The van der Waals surface area contributed by atoms with Crippen LogP contribution in [0.1, 0.15) is 27.7 Å². The molecule has 0 spiro atoms. The second-order valence-corrected chi connectivity index (χ2v) is 2.59. The van der Waals surface area contributed by atoms with Gasteiger partial charge in [0.1, 0.15) is 0 Å². The van der Waals surface area contributed by atoms with Crippen LogP contribution in [0.25, 0.3) is 21.9 Å². The van der Waals surface area contributed by atoms with Gasteiger partial charge in [-0.2, -0.15) is 0 Å². The van der Waals surface area contributed by atoms with E-state index in [-0.39, 0.29) is 0 Å². The Morgan fingerprint density at radius 2 is 1.57 bits per heavy atom. The number of hydrogen-bond acceptors (Lipinski definition) is 1. The molecule has 0 radical (unpaired) electrons. The van der Waals surface area contributed by atoms with Gasteiger partial charge in [0.2, 0.25) is 0 Å². The summed E-state index contributed by atoms with van der Waals surface area (Å²) in [6.07, 6.45) is 3.84. The van der Waals surface area contributed by atoms with E-state index in [2.05, 4.69) is 23.2 Å². The van der Waals surface area contributed by atoms with Gasteiger partial charge in [0.05, 0.1) is 0 Å². The normalized spacial score (nSPS) is 9.43. The number of rotatable bonds is 0. The average molecular weight is 187 g/mol. The molecule has 0 N–H and O–H groups in total. The zero-order valence-electron chi connectivity index (χ0n) is 9.33. The fourth-order valence-corrected chi connectivity index (χ4v) is 1.47. The Hall–Kier alpha value is -1.37. The lowest BCUT2D eigenvalue weighted by Gasteiger charge is -1.80. The number of fused-ring (bicyclic) bond motifs is 1. The van der Waals surface area contributed by atoms with Crippen molar-refractivity contribution < 1.29 is 0 Å². The van der Waals surface area contributed by atoms with E-state index >= 15 is 0 Å². The molecule has 14 heavy (non-hydrogen) atoms. The van der Waals surface area contributed by atoms with Gasteiger partial charge in [-0.3, -0.25) is 4.98 Å². The van der Waals surface area contributed by atoms with E-state index in [1.165, 1.54) is 21.9 Å². The van der Waals surface area contributed by atoms with E-state index in [4.69, 9.17) is 0 Å². The van der Waals surface area contributed by atoms with Crippen molar-refractivity contribution in [3.05, 3.63) is 30.6 Å². The van der Waals surface area contributed by atoms with E-state index in [1.54, 1.807) is 0 Å².